The van der Waals surface area contributed by atoms with Crippen molar-refractivity contribution in [2.45, 2.75) is 0 Å². The van der Waals surface area contributed by atoms with Crippen molar-refractivity contribution in [1.82, 2.24) is 14.1 Å². The van der Waals surface area contributed by atoms with Crippen LogP contribution in [0.15, 0.2) is 231 Å². The van der Waals surface area contributed by atoms with Crippen LogP contribution >= 0.6 is 0 Å². The summed E-state index contributed by atoms with van der Waals surface area (Å²) in [5.41, 5.74) is 17.7. The maximum atomic E-state index is 11.3. The van der Waals surface area contributed by atoms with E-state index < -0.39 is 0 Å². The smallest absolute Gasteiger partial charge is 0.101 e. The van der Waals surface area contributed by atoms with Crippen molar-refractivity contribution in [3.63, 3.8) is 0 Å². The molecule has 0 aliphatic heterocycles. The first kappa shape index (κ1) is 37.0. The Kier molecular flexibility index (Phi) is 8.84. The first-order chi connectivity index (χ1) is 31.7. The molecule has 0 fully saturated rings. The van der Waals surface area contributed by atoms with Crippen LogP contribution in [0.5, 0.6) is 0 Å². The van der Waals surface area contributed by atoms with Gasteiger partial charge in [0.15, 0.2) is 0 Å². The Morgan fingerprint density at radius 1 is 0.312 bits per heavy atom. The molecule has 12 aromatic rings. The zero-order chi connectivity index (χ0) is 42.6. The fourth-order valence-electron chi connectivity index (χ4n) is 9.61. The van der Waals surface area contributed by atoms with Crippen molar-refractivity contribution >= 4 is 43.6 Å². The molecule has 0 aliphatic rings. The molecule has 3 heterocycles. The van der Waals surface area contributed by atoms with E-state index in [0.29, 0.717) is 5.56 Å². The van der Waals surface area contributed by atoms with E-state index >= 15 is 0 Å². The Labute approximate surface area is 370 Å². The van der Waals surface area contributed by atoms with Gasteiger partial charge in [0, 0.05) is 39.5 Å². The molecule has 0 spiro atoms. The molecule has 0 N–H and O–H groups in total. The van der Waals surface area contributed by atoms with Gasteiger partial charge in [0.2, 0.25) is 0 Å². The molecule has 0 saturated heterocycles. The second-order valence-corrected chi connectivity index (χ2v) is 16.3. The molecule has 9 aromatic carbocycles. The lowest BCUT2D eigenvalue weighted by Crippen LogP contribution is -2.04. The summed E-state index contributed by atoms with van der Waals surface area (Å²) in [4.78, 5) is 4.43. The van der Waals surface area contributed by atoms with Gasteiger partial charge in [0.25, 0.3) is 0 Å². The van der Waals surface area contributed by atoms with Crippen LogP contribution in [0.3, 0.4) is 0 Å². The van der Waals surface area contributed by atoms with Crippen molar-refractivity contribution in [1.29, 1.82) is 5.26 Å². The van der Waals surface area contributed by atoms with Crippen LogP contribution in [0.4, 0.5) is 0 Å². The molecule has 0 atom stereocenters. The molecule has 3 aromatic heterocycles. The highest BCUT2D eigenvalue weighted by Crippen LogP contribution is 2.43. The molecular formula is C60H38N4. The molecule has 0 radical (unpaired) electrons. The first-order valence-electron chi connectivity index (χ1n) is 21.6. The van der Waals surface area contributed by atoms with Gasteiger partial charge in [0.1, 0.15) is 6.07 Å². The van der Waals surface area contributed by atoms with E-state index in [9.17, 15) is 5.26 Å². The molecule has 0 unspecified atom stereocenters. The first-order valence-corrected chi connectivity index (χ1v) is 21.6. The minimum atomic E-state index is 0.572. The maximum Gasteiger partial charge on any atom is 0.101 e. The predicted octanol–water partition coefficient (Wildman–Crippen LogP) is 15.5. The Balaban J connectivity index is 1.14. The van der Waals surface area contributed by atoms with Crippen LogP contribution in [0, 0.1) is 11.3 Å². The van der Waals surface area contributed by atoms with Gasteiger partial charge in [-0.25, -0.2) is 0 Å². The third-order valence-electron chi connectivity index (χ3n) is 12.7. The lowest BCUT2D eigenvalue weighted by Gasteiger charge is -2.19. The van der Waals surface area contributed by atoms with E-state index in [4.69, 9.17) is 0 Å². The molecule has 0 amide bonds. The summed E-state index contributed by atoms with van der Waals surface area (Å²) in [5.74, 6) is 0. The van der Waals surface area contributed by atoms with E-state index in [-0.39, 0.29) is 0 Å². The molecule has 0 saturated carbocycles. The summed E-state index contributed by atoms with van der Waals surface area (Å²) in [6.45, 7) is 0. The van der Waals surface area contributed by atoms with E-state index in [2.05, 4.69) is 239 Å². The zero-order valence-corrected chi connectivity index (χ0v) is 34.7. The third-order valence-corrected chi connectivity index (χ3v) is 12.7. The Bertz CT molecular complexity index is 3560. The zero-order valence-electron chi connectivity index (χ0n) is 34.7. The topological polar surface area (TPSA) is 46.5 Å². The lowest BCUT2D eigenvalue weighted by molar-refractivity contribution is 1.13. The Morgan fingerprint density at radius 3 is 1.00 bits per heavy atom. The molecule has 64 heavy (non-hydrogen) atoms. The van der Waals surface area contributed by atoms with Gasteiger partial charge in [-0.2, -0.15) is 5.26 Å². The van der Waals surface area contributed by atoms with Crippen LogP contribution in [0.25, 0.3) is 111 Å². The normalized spacial score (nSPS) is 11.4. The third kappa shape index (κ3) is 6.18. The number of aromatic nitrogens is 3. The Morgan fingerprint density at radius 2 is 0.656 bits per heavy atom. The van der Waals surface area contributed by atoms with Gasteiger partial charge in [-0.15, -0.1) is 0 Å². The molecular weight excluding hydrogens is 777 g/mol. The summed E-state index contributed by atoms with van der Waals surface area (Å²) in [5, 5.41) is 15.8. The highest BCUT2D eigenvalue weighted by atomic mass is 15.0. The van der Waals surface area contributed by atoms with Gasteiger partial charge in [-0.05, 0) is 123 Å². The van der Waals surface area contributed by atoms with Crippen molar-refractivity contribution in [3.05, 3.63) is 236 Å². The number of nitriles is 1. The average Bonchev–Trinajstić information content (AvgIpc) is 3.88. The largest absolute Gasteiger partial charge is 0.309 e. The van der Waals surface area contributed by atoms with E-state index in [1.807, 2.05) is 12.4 Å². The lowest BCUT2D eigenvalue weighted by atomic mass is 9.99. The molecule has 0 aliphatic carbocycles. The fraction of sp³-hybridized carbons (Fsp3) is 0. The van der Waals surface area contributed by atoms with Gasteiger partial charge in [-0.3, -0.25) is 4.98 Å². The van der Waals surface area contributed by atoms with Crippen molar-refractivity contribution in [2.24, 2.45) is 0 Å². The predicted molar refractivity (Wildman–Crippen MR) is 265 cm³/mol. The molecule has 4 heteroatoms. The summed E-state index contributed by atoms with van der Waals surface area (Å²) in [6.07, 6.45) is 3.69. The number of fused-ring (bicyclic) bond motifs is 6. The number of pyridine rings is 1. The van der Waals surface area contributed by atoms with Crippen molar-refractivity contribution < 1.29 is 0 Å². The number of nitrogens with zero attached hydrogens (tertiary/aromatic N) is 4. The second-order valence-electron chi connectivity index (χ2n) is 16.3. The van der Waals surface area contributed by atoms with Crippen LogP contribution < -0.4 is 0 Å². The van der Waals surface area contributed by atoms with Crippen LogP contribution in [0.1, 0.15) is 5.56 Å². The minimum absolute atomic E-state index is 0.572. The SMILES string of the molecule is N#Cc1cc(-n2c3ccc(-c4ccccc4)cc3c3cc(-c4ccccc4)ccc32)c(-c2ccncc2)cc1-n1c2ccc(-c3ccccc3)cc2c2cc(-c3ccccc3)ccc21. The number of hydrogen-bond donors (Lipinski definition) is 0. The summed E-state index contributed by atoms with van der Waals surface area (Å²) in [6, 6.07) is 80.2. The summed E-state index contributed by atoms with van der Waals surface area (Å²) >= 11 is 0. The van der Waals surface area contributed by atoms with E-state index in [1.54, 1.807) is 0 Å². The van der Waals surface area contributed by atoms with E-state index in [0.717, 1.165) is 111 Å². The van der Waals surface area contributed by atoms with Gasteiger partial charge in [0.05, 0.1) is 39.0 Å². The molecule has 12 rings (SSSR count). The Hall–Kier alpha value is -8.78. The number of benzene rings is 9. The number of rotatable bonds is 7. The molecule has 0 bridgehead atoms. The molecule has 298 valence electrons. The highest BCUT2D eigenvalue weighted by molar-refractivity contribution is 6.14. The minimum Gasteiger partial charge on any atom is -0.309 e. The monoisotopic (exact) mass is 814 g/mol. The standard InChI is InChI=1S/C60H38N4/c61-39-49-37-60(64-57-27-23-47(42-17-9-3-10-18-42)35-53(57)54-36-48(24-28-58(54)64)43-19-11-4-12-20-43)50(44-29-31-62-32-30-44)38-59(49)63-55-25-21-45(40-13-5-1-6-14-40)33-51(55)52-34-46(22-26-56(52)63)41-15-7-2-8-16-41/h1-38H. The van der Waals surface area contributed by atoms with Gasteiger partial charge < -0.3 is 9.13 Å². The van der Waals surface area contributed by atoms with Gasteiger partial charge >= 0.3 is 0 Å². The van der Waals surface area contributed by atoms with E-state index in [1.165, 1.54) is 0 Å². The highest BCUT2D eigenvalue weighted by Gasteiger charge is 2.23. The maximum absolute atomic E-state index is 11.3. The quantitative estimate of drug-likeness (QED) is 0.161. The molecule has 4 nitrogen and oxygen atoms in total. The summed E-state index contributed by atoms with van der Waals surface area (Å²) in [7, 11) is 0. The number of hydrogen-bond acceptors (Lipinski definition) is 2. The fourth-order valence-corrected chi connectivity index (χ4v) is 9.61. The van der Waals surface area contributed by atoms with Crippen molar-refractivity contribution in [2.75, 3.05) is 0 Å². The van der Waals surface area contributed by atoms with Gasteiger partial charge in [-0.1, -0.05) is 146 Å². The second kappa shape index (κ2) is 15.3. The van der Waals surface area contributed by atoms with Crippen LogP contribution in [-0.4, -0.2) is 14.1 Å². The average molecular weight is 815 g/mol. The summed E-state index contributed by atoms with van der Waals surface area (Å²) < 4.78 is 4.63. The van der Waals surface area contributed by atoms with Crippen LogP contribution in [-0.2, 0) is 0 Å². The van der Waals surface area contributed by atoms with Crippen LogP contribution in [0.2, 0.25) is 0 Å². The van der Waals surface area contributed by atoms with Crippen molar-refractivity contribution in [3.8, 4) is 73.1 Å².